The van der Waals surface area contributed by atoms with E-state index in [4.69, 9.17) is 4.42 Å². The Labute approximate surface area is 181 Å². The van der Waals surface area contributed by atoms with Crippen molar-refractivity contribution < 1.29 is 4.42 Å². The first-order chi connectivity index (χ1) is 12.7. The molecule has 0 aliphatic rings. The first kappa shape index (κ1) is 21.4. The average Bonchev–Trinajstić information content (AvgIpc) is 3.32. The standard InChI is InChI=1S/C20H24N4OS.HI/c1-3-21-20(23-12-16-9-11-26-14-16)22-10-8-18-13-25-19(24-18)17-6-4-15(2)5-7-17;/h4-7,9,11,13-14H,3,8,10,12H2,1-2H3,(H2,21,22,23);1H. The highest BCUT2D eigenvalue weighted by Gasteiger charge is 2.07. The molecular formula is C20H25IN4OS. The quantitative estimate of drug-likeness (QED) is 0.285. The molecule has 0 atom stereocenters. The van der Waals surface area contributed by atoms with Crippen LogP contribution in [-0.4, -0.2) is 24.0 Å². The van der Waals surface area contributed by atoms with E-state index in [1.54, 1.807) is 17.6 Å². The average molecular weight is 496 g/mol. The monoisotopic (exact) mass is 496 g/mol. The second-order valence-electron chi connectivity index (χ2n) is 6.01. The Bertz CT molecular complexity index is 828. The van der Waals surface area contributed by atoms with Gasteiger partial charge in [-0.2, -0.15) is 11.3 Å². The molecule has 2 N–H and O–H groups in total. The number of hydrogen-bond acceptors (Lipinski definition) is 4. The van der Waals surface area contributed by atoms with Gasteiger partial charge in [-0.25, -0.2) is 9.98 Å². The lowest BCUT2D eigenvalue weighted by Crippen LogP contribution is -2.38. The SMILES string of the molecule is CCNC(=NCc1ccsc1)NCCc1coc(-c2ccc(C)cc2)n1.I. The summed E-state index contributed by atoms with van der Waals surface area (Å²) in [6.45, 7) is 6.39. The predicted octanol–water partition coefficient (Wildman–Crippen LogP) is 4.63. The largest absolute Gasteiger partial charge is 0.444 e. The van der Waals surface area contributed by atoms with Crippen molar-refractivity contribution in [2.45, 2.75) is 26.8 Å². The number of guanidine groups is 1. The summed E-state index contributed by atoms with van der Waals surface area (Å²) < 4.78 is 5.61. The second kappa shape index (κ2) is 11.1. The van der Waals surface area contributed by atoms with Crippen LogP contribution in [0.3, 0.4) is 0 Å². The van der Waals surface area contributed by atoms with E-state index in [9.17, 15) is 0 Å². The molecule has 0 radical (unpaired) electrons. The maximum absolute atomic E-state index is 5.61. The minimum Gasteiger partial charge on any atom is -0.444 e. The van der Waals surface area contributed by atoms with Crippen LogP contribution in [0.25, 0.3) is 11.5 Å². The Morgan fingerprint density at radius 2 is 2.00 bits per heavy atom. The van der Waals surface area contributed by atoms with Crippen LogP contribution in [0, 0.1) is 6.92 Å². The summed E-state index contributed by atoms with van der Waals surface area (Å²) in [5.41, 5.74) is 4.39. The van der Waals surface area contributed by atoms with Crippen LogP contribution >= 0.6 is 35.3 Å². The molecule has 0 bridgehead atoms. The highest BCUT2D eigenvalue weighted by atomic mass is 127. The lowest BCUT2D eigenvalue weighted by Gasteiger charge is -2.10. The molecule has 5 nitrogen and oxygen atoms in total. The lowest BCUT2D eigenvalue weighted by molar-refractivity contribution is 0.572. The van der Waals surface area contributed by atoms with Gasteiger partial charge < -0.3 is 15.1 Å². The molecule has 0 unspecified atom stereocenters. The van der Waals surface area contributed by atoms with Crippen LogP contribution in [-0.2, 0) is 13.0 Å². The first-order valence-corrected chi connectivity index (χ1v) is 9.73. The van der Waals surface area contributed by atoms with Crippen molar-refractivity contribution in [3.8, 4) is 11.5 Å². The zero-order chi connectivity index (χ0) is 18.2. The molecule has 2 heterocycles. The summed E-state index contributed by atoms with van der Waals surface area (Å²) in [6.07, 6.45) is 2.50. The van der Waals surface area contributed by atoms with Crippen molar-refractivity contribution in [2.75, 3.05) is 13.1 Å². The van der Waals surface area contributed by atoms with Crippen LogP contribution in [0.4, 0.5) is 0 Å². The van der Waals surface area contributed by atoms with Gasteiger partial charge in [-0.1, -0.05) is 17.7 Å². The molecular weight excluding hydrogens is 471 g/mol. The van der Waals surface area contributed by atoms with Crippen molar-refractivity contribution in [2.24, 2.45) is 4.99 Å². The van der Waals surface area contributed by atoms with Crippen molar-refractivity contribution in [3.05, 3.63) is 64.2 Å². The Balaban J connectivity index is 0.00000261. The van der Waals surface area contributed by atoms with Crippen LogP contribution < -0.4 is 10.6 Å². The van der Waals surface area contributed by atoms with Gasteiger partial charge in [0.2, 0.25) is 5.89 Å². The normalized spacial score (nSPS) is 11.1. The molecule has 0 saturated carbocycles. The molecule has 2 aromatic heterocycles. The summed E-state index contributed by atoms with van der Waals surface area (Å²) in [4.78, 5) is 9.18. The number of aryl methyl sites for hydroxylation is 1. The van der Waals surface area contributed by atoms with Crippen molar-refractivity contribution in [3.63, 3.8) is 0 Å². The van der Waals surface area contributed by atoms with Gasteiger partial charge in [-0.15, -0.1) is 24.0 Å². The van der Waals surface area contributed by atoms with E-state index in [0.717, 1.165) is 36.7 Å². The molecule has 0 fully saturated rings. The lowest BCUT2D eigenvalue weighted by atomic mass is 10.1. The fourth-order valence-corrected chi connectivity index (χ4v) is 3.11. The van der Waals surface area contributed by atoms with Crippen LogP contribution in [0.15, 0.2) is 56.8 Å². The summed E-state index contributed by atoms with van der Waals surface area (Å²) >= 11 is 1.69. The van der Waals surface area contributed by atoms with Gasteiger partial charge in [-0.3, -0.25) is 0 Å². The van der Waals surface area contributed by atoms with E-state index < -0.39 is 0 Å². The van der Waals surface area contributed by atoms with Crippen LogP contribution in [0.1, 0.15) is 23.7 Å². The summed E-state index contributed by atoms with van der Waals surface area (Å²) in [5, 5.41) is 10.8. The first-order valence-electron chi connectivity index (χ1n) is 8.79. The highest BCUT2D eigenvalue weighted by Crippen LogP contribution is 2.19. The van der Waals surface area contributed by atoms with Gasteiger partial charge in [0.1, 0.15) is 6.26 Å². The molecule has 0 aliphatic carbocycles. The molecule has 27 heavy (non-hydrogen) atoms. The third-order valence-corrected chi connectivity index (χ3v) is 4.60. The number of benzene rings is 1. The Morgan fingerprint density at radius 1 is 1.19 bits per heavy atom. The molecule has 1 aromatic carbocycles. The second-order valence-corrected chi connectivity index (χ2v) is 6.79. The Kier molecular flexibility index (Phi) is 8.80. The van der Waals surface area contributed by atoms with Crippen LogP contribution in [0.5, 0.6) is 0 Å². The maximum atomic E-state index is 5.61. The molecule has 7 heteroatoms. The third-order valence-electron chi connectivity index (χ3n) is 3.87. The number of aliphatic imine (C=N–C) groups is 1. The smallest absolute Gasteiger partial charge is 0.226 e. The van der Waals surface area contributed by atoms with E-state index in [1.165, 1.54) is 11.1 Å². The minimum absolute atomic E-state index is 0. The third kappa shape index (κ3) is 6.66. The minimum atomic E-state index is 0. The summed E-state index contributed by atoms with van der Waals surface area (Å²) in [7, 11) is 0. The molecule has 3 rings (SSSR count). The van der Waals surface area contributed by atoms with Gasteiger partial charge in [0.05, 0.1) is 12.2 Å². The molecule has 0 saturated heterocycles. The number of oxazole rings is 1. The van der Waals surface area contributed by atoms with E-state index in [2.05, 4.69) is 63.4 Å². The Morgan fingerprint density at radius 3 is 2.70 bits per heavy atom. The van der Waals surface area contributed by atoms with Crippen molar-refractivity contribution >= 4 is 41.3 Å². The van der Waals surface area contributed by atoms with Crippen molar-refractivity contribution in [1.29, 1.82) is 0 Å². The number of hydrogen-bond donors (Lipinski definition) is 2. The highest BCUT2D eigenvalue weighted by molar-refractivity contribution is 14.0. The van der Waals surface area contributed by atoms with Gasteiger partial charge in [0.15, 0.2) is 5.96 Å². The van der Waals surface area contributed by atoms with Gasteiger partial charge in [0.25, 0.3) is 0 Å². The van der Waals surface area contributed by atoms with Gasteiger partial charge in [-0.05, 0) is 48.4 Å². The number of aromatic nitrogens is 1. The molecule has 0 amide bonds. The summed E-state index contributed by atoms with van der Waals surface area (Å²) in [5.74, 6) is 1.49. The van der Waals surface area contributed by atoms with Gasteiger partial charge in [0, 0.05) is 25.1 Å². The van der Waals surface area contributed by atoms with Crippen LogP contribution in [0.2, 0.25) is 0 Å². The number of nitrogens with one attached hydrogen (secondary N) is 2. The Hall–Kier alpha value is -1.87. The van der Waals surface area contributed by atoms with E-state index in [0.29, 0.717) is 12.4 Å². The molecule has 0 aliphatic heterocycles. The fourth-order valence-electron chi connectivity index (χ4n) is 2.45. The molecule has 0 spiro atoms. The number of halogens is 1. The number of nitrogens with zero attached hydrogens (tertiary/aromatic N) is 2. The zero-order valence-corrected chi connectivity index (χ0v) is 18.7. The van der Waals surface area contributed by atoms with Crippen molar-refractivity contribution in [1.82, 2.24) is 15.6 Å². The van der Waals surface area contributed by atoms with E-state index >= 15 is 0 Å². The molecule has 144 valence electrons. The van der Waals surface area contributed by atoms with Gasteiger partial charge >= 0.3 is 0 Å². The number of rotatable bonds is 7. The van der Waals surface area contributed by atoms with E-state index in [1.807, 2.05) is 12.1 Å². The number of thiophene rings is 1. The fraction of sp³-hybridized carbons (Fsp3) is 0.300. The zero-order valence-electron chi connectivity index (χ0n) is 15.6. The predicted molar refractivity (Wildman–Crippen MR) is 123 cm³/mol. The maximum Gasteiger partial charge on any atom is 0.226 e. The topological polar surface area (TPSA) is 62.5 Å². The molecule has 3 aromatic rings. The summed E-state index contributed by atoms with van der Waals surface area (Å²) in [6, 6.07) is 10.3. The van der Waals surface area contributed by atoms with E-state index in [-0.39, 0.29) is 24.0 Å².